The minimum absolute atomic E-state index is 0.282. The van der Waals surface area contributed by atoms with E-state index in [1.165, 1.54) is 0 Å². The molecule has 0 radical (unpaired) electrons. The zero-order valence-electron chi connectivity index (χ0n) is 9.82. The highest BCUT2D eigenvalue weighted by Crippen LogP contribution is 2.04. The highest BCUT2D eigenvalue weighted by atomic mass is 16.5. The van der Waals surface area contributed by atoms with Crippen molar-refractivity contribution in [3.63, 3.8) is 0 Å². The van der Waals surface area contributed by atoms with Gasteiger partial charge in [0.05, 0.1) is 18.9 Å². The molecule has 0 aromatic carbocycles. The van der Waals surface area contributed by atoms with Crippen molar-refractivity contribution in [2.75, 3.05) is 13.2 Å². The van der Waals surface area contributed by atoms with E-state index in [1.54, 1.807) is 19.9 Å². The molecule has 5 heteroatoms. The number of aryl methyl sites for hydroxylation is 1. The Hall–Kier alpha value is -1.49. The monoisotopic (exact) mass is 224 g/mol. The van der Waals surface area contributed by atoms with Crippen molar-refractivity contribution in [2.45, 2.75) is 27.4 Å². The van der Waals surface area contributed by atoms with Crippen molar-refractivity contribution in [3.05, 3.63) is 23.3 Å². The van der Waals surface area contributed by atoms with Crippen molar-refractivity contribution >= 4 is 5.97 Å². The van der Waals surface area contributed by atoms with Crippen molar-refractivity contribution in [1.29, 1.82) is 0 Å². The maximum atomic E-state index is 11.5. The van der Waals surface area contributed by atoms with Crippen LogP contribution >= 0.6 is 0 Å². The van der Waals surface area contributed by atoms with Crippen LogP contribution in [0.25, 0.3) is 0 Å². The van der Waals surface area contributed by atoms with Gasteiger partial charge in [-0.3, -0.25) is 0 Å². The fourth-order valence-corrected chi connectivity index (χ4v) is 1.22. The first-order valence-corrected chi connectivity index (χ1v) is 5.26. The predicted molar refractivity (Wildman–Crippen MR) is 58.1 cm³/mol. The van der Waals surface area contributed by atoms with E-state index < -0.39 is 5.97 Å². The summed E-state index contributed by atoms with van der Waals surface area (Å²) in [5, 5.41) is 0. The average Bonchev–Trinajstić information content (AvgIpc) is 2.26. The third-order valence-electron chi connectivity index (χ3n) is 1.83. The molecule has 1 heterocycles. The van der Waals surface area contributed by atoms with Gasteiger partial charge in [-0.2, -0.15) is 0 Å². The minimum atomic E-state index is -0.425. The topological polar surface area (TPSA) is 61.3 Å². The normalized spacial score (nSPS) is 10.2. The number of aromatic nitrogens is 2. The number of ether oxygens (including phenoxy) is 2. The fourth-order valence-electron chi connectivity index (χ4n) is 1.22. The van der Waals surface area contributed by atoms with Gasteiger partial charge in [0.25, 0.3) is 0 Å². The number of rotatable bonds is 5. The zero-order valence-corrected chi connectivity index (χ0v) is 9.82. The summed E-state index contributed by atoms with van der Waals surface area (Å²) in [6, 6.07) is 1.60. The highest BCUT2D eigenvalue weighted by Gasteiger charge is 2.11. The number of nitrogens with zero attached hydrogens (tertiary/aromatic N) is 2. The molecule has 0 unspecified atom stereocenters. The summed E-state index contributed by atoms with van der Waals surface area (Å²) < 4.78 is 10.1. The summed E-state index contributed by atoms with van der Waals surface area (Å²) in [6.45, 7) is 6.72. The fraction of sp³-hybridized carbons (Fsp3) is 0.545. The van der Waals surface area contributed by atoms with Crippen LogP contribution in [0.15, 0.2) is 6.07 Å². The largest absolute Gasteiger partial charge is 0.461 e. The van der Waals surface area contributed by atoms with Crippen LogP contribution in [-0.2, 0) is 16.1 Å². The first kappa shape index (κ1) is 12.6. The third kappa shape index (κ3) is 3.58. The lowest BCUT2D eigenvalue weighted by atomic mass is 10.3. The van der Waals surface area contributed by atoms with Crippen molar-refractivity contribution < 1.29 is 14.3 Å². The van der Waals surface area contributed by atoms with Gasteiger partial charge in [-0.15, -0.1) is 0 Å². The first-order valence-electron chi connectivity index (χ1n) is 5.26. The maximum absolute atomic E-state index is 11.5. The van der Waals surface area contributed by atoms with E-state index in [1.807, 2.05) is 6.92 Å². The molecule has 0 saturated heterocycles. The molecule has 16 heavy (non-hydrogen) atoms. The number of hydrogen-bond donors (Lipinski definition) is 0. The summed E-state index contributed by atoms with van der Waals surface area (Å²) in [6.07, 6.45) is 0. The Morgan fingerprint density at radius 1 is 1.31 bits per heavy atom. The Morgan fingerprint density at radius 3 is 2.69 bits per heavy atom. The van der Waals surface area contributed by atoms with E-state index in [-0.39, 0.29) is 5.69 Å². The van der Waals surface area contributed by atoms with Crippen molar-refractivity contribution in [3.8, 4) is 0 Å². The van der Waals surface area contributed by atoms with Crippen LogP contribution in [-0.4, -0.2) is 29.2 Å². The van der Waals surface area contributed by atoms with E-state index in [2.05, 4.69) is 9.97 Å². The van der Waals surface area contributed by atoms with Gasteiger partial charge in [0, 0.05) is 6.61 Å². The van der Waals surface area contributed by atoms with E-state index in [9.17, 15) is 4.79 Å². The average molecular weight is 224 g/mol. The van der Waals surface area contributed by atoms with Gasteiger partial charge < -0.3 is 9.47 Å². The molecule has 5 nitrogen and oxygen atoms in total. The molecular weight excluding hydrogens is 208 g/mol. The molecule has 88 valence electrons. The lowest BCUT2D eigenvalue weighted by Crippen LogP contribution is -2.10. The number of carbonyl (C=O) groups is 1. The molecule has 0 amide bonds. The Kier molecular flexibility index (Phi) is 4.85. The smallest absolute Gasteiger partial charge is 0.357 e. The number of carbonyl (C=O) groups excluding carboxylic acids is 1. The van der Waals surface area contributed by atoms with Gasteiger partial charge in [0.2, 0.25) is 0 Å². The van der Waals surface area contributed by atoms with E-state index in [4.69, 9.17) is 9.47 Å². The second-order valence-electron chi connectivity index (χ2n) is 3.15. The zero-order chi connectivity index (χ0) is 12.0. The van der Waals surface area contributed by atoms with Gasteiger partial charge in [0.15, 0.2) is 5.69 Å². The van der Waals surface area contributed by atoms with Crippen molar-refractivity contribution in [1.82, 2.24) is 9.97 Å². The quantitative estimate of drug-likeness (QED) is 0.709. The number of esters is 1. The molecule has 0 bridgehead atoms. The second kappa shape index (κ2) is 6.17. The van der Waals surface area contributed by atoms with Crippen LogP contribution in [0.1, 0.15) is 35.9 Å². The molecule has 0 spiro atoms. The van der Waals surface area contributed by atoms with Crippen LogP contribution in [0.4, 0.5) is 0 Å². The van der Waals surface area contributed by atoms with Gasteiger partial charge in [-0.1, -0.05) is 0 Å². The highest BCUT2D eigenvalue weighted by molar-refractivity contribution is 5.87. The van der Waals surface area contributed by atoms with Crippen LogP contribution in [0.3, 0.4) is 0 Å². The van der Waals surface area contributed by atoms with Crippen molar-refractivity contribution in [2.24, 2.45) is 0 Å². The lowest BCUT2D eigenvalue weighted by Gasteiger charge is -2.05. The van der Waals surface area contributed by atoms with E-state index >= 15 is 0 Å². The van der Waals surface area contributed by atoms with Gasteiger partial charge >= 0.3 is 5.97 Å². The molecule has 0 fully saturated rings. The SMILES string of the molecule is CCOCc1cc(C(=O)OCC)nc(C)n1. The molecule has 0 aliphatic carbocycles. The molecule has 1 rings (SSSR count). The standard InChI is InChI=1S/C11H16N2O3/c1-4-15-7-9-6-10(11(14)16-5-2)13-8(3)12-9/h6H,4-5,7H2,1-3H3. The Morgan fingerprint density at radius 2 is 2.06 bits per heavy atom. The molecule has 0 aliphatic heterocycles. The molecular formula is C11H16N2O3. The van der Waals surface area contributed by atoms with Crippen LogP contribution < -0.4 is 0 Å². The second-order valence-corrected chi connectivity index (χ2v) is 3.15. The van der Waals surface area contributed by atoms with Gasteiger partial charge in [0.1, 0.15) is 5.82 Å². The molecule has 1 aromatic rings. The Balaban J connectivity index is 2.84. The van der Waals surface area contributed by atoms with Crippen LogP contribution in [0, 0.1) is 6.92 Å². The number of hydrogen-bond acceptors (Lipinski definition) is 5. The maximum Gasteiger partial charge on any atom is 0.357 e. The predicted octanol–water partition coefficient (Wildman–Crippen LogP) is 1.50. The first-order chi connectivity index (χ1) is 7.67. The summed E-state index contributed by atoms with van der Waals surface area (Å²) in [5.74, 6) is 0.117. The Labute approximate surface area is 94.8 Å². The summed E-state index contributed by atoms with van der Waals surface area (Å²) in [5.41, 5.74) is 0.974. The molecule has 1 aromatic heterocycles. The van der Waals surface area contributed by atoms with Crippen LogP contribution in [0.2, 0.25) is 0 Å². The third-order valence-corrected chi connectivity index (χ3v) is 1.83. The van der Waals surface area contributed by atoms with E-state index in [0.717, 1.165) is 0 Å². The Bertz CT molecular complexity index is 366. The van der Waals surface area contributed by atoms with Gasteiger partial charge in [-0.05, 0) is 26.8 Å². The summed E-state index contributed by atoms with van der Waals surface area (Å²) in [4.78, 5) is 19.7. The molecule has 0 atom stereocenters. The van der Waals surface area contributed by atoms with Gasteiger partial charge in [-0.25, -0.2) is 14.8 Å². The van der Waals surface area contributed by atoms with Crippen LogP contribution in [0.5, 0.6) is 0 Å². The lowest BCUT2D eigenvalue weighted by molar-refractivity contribution is 0.0518. The summed E-state index contributed by atoms with van der Waals surface area (Å²) in [7, 11) is 0. The van der Waals surface area contributed by atoms with E-state index in [0.29, 0.717) is 31.3 Å². The molecule has 0 N–H and O–H groups in total. The molecule has 0 saturated carbocycles. The minimum Gasteiger partial charge on any atom is -0.461 e. The molecule has 0 aliphatic rings. The summed E-state index contributed by atoms with van der Waals surface area (Å²) >= 11 is 0.